The summed E-state index contributed by atoms with van der Waals surface area (Å²) in [5.41, 5.74) is 7.68. The van der Waals surface area contributed by atoms with E-state index in [1.807, 2.05) is 23.5 Å². The van der Waals surface area contributed by atoms with Gasteiger partial charge in [0.05, 0.1) is 22.2 Å². The maximum atomic E-state index is 5.21. The van der Waals surface area contributed by atoms with Crippen molar-refractivity contribution in [2.24, 2.45) is 0 Å². The first-order chi connectivity index (χ1) is 20.8. The minimum atomic E-state index is 0.757. The molecule has 0 aliphatic heterocycles. The van der Waals surface area contributed by atoms with Gasteiger partial charge in [0, 0.05) is 53.1 Å². The summed E-state index contributed by atoms with van der Waals surface area (Å²) in [6.07, 6.45) is 0. The Bertz CT molecular complexity index is 2460. The Kier molecular flexibility index (Phi) is 5.07. The van der Waals surface area contributed by atoms with Crippen molar-refractivity contribution in [1.82, 2.24) is 14.5 Å². The van der Waals surface area contributed by atoms with Crippen LogP contribution in [0.1, 0.15) is 0 Å². The second kappa shape index (κ2) is 9.10. The van der Waals surface area contributed by atoms with E-state index in [0.29, 0.717) is 0 Å². The number of hydrogen-bond donors (Lipinski definition) is 0. The average Bonchev–Trinajstić information content (AvgIpc) is 3.61. The van der Waals surface area contributed by atoms with Crippen LogP contribution in [0.2, 0.25) is 0 Å². The highest BCUT2D eigenvalue weighted by Crippen LogP contribution is 2.45. The van der Waals surface area contributed by atoms with Crippen molar-refractivity contribution < 1.29 is 0 Å². The Morgan fingerprint density at radius 3 is 2.02 bits per heavy atom. The van der Waals surface area contributed by atoms with Gasteiger partial charge in [0.15, 0.2) is 5.82 Å². The van der Waals surface area contributed by atoms with Crippen molar-refractivity contribution in [3.63, 3.8) is 0 Å². The number of nitrogens with zero attached hydrogens (tertiary/aromatic N) is 3. The van der Waals surface area contributed by atoms with Crippen LogP contribution < -0.4 is 0 Å². The number of hydrogen-bond acceptors (Lipinski definition) is 3. The highest BCUT2D eigenvalue weighted by molar-refractivity contribution is 7.27. The van der Waals surface area contributed by atoms with E-state index in [9.17, 15) is 0 Å². The van der Waals surface area contributed by atoms with Gasteiger partial charge in [0.1, 0.15) is 0 Å². The van der Waals surface area contributed by atoms with Gasteiger partial charge in [-0.3, -0.25) is 0 Å². The van der Waals surface area contributed by atoms with Crippen molar-refractivity contribution in [1.29, 1.82) is 0 Å². The lowest BCUT2D eigenvalue weighted by Gasteiger charge is -2.10. The van der Waals surface area contributed by atoms with Crippen LogP contribution in [0.5, 0.6) is 0 Å². The van der Waals surface area contributed by atoms with Crippen molar-refractivity contribution in [2.45, 2.75) is 0 Å². The molecule has 4 heteroatoms. The molecule has 6 aromatic carbocycles. The smallest absolute Gasteiger partial charge is 0.161 e. The van der Waals surface area contributed by atoms with Gasteiger partial charge in [-0.2, -0.15) is 0 Å². The lowest BCUT2D eigenvalue weighted by Crippen LogP contribution is -1.95. The van der Waals surface area contributed by atoms with Gasteiger partial charge < -0.3 is 4.57 Å². The molecule has 0 N–H and O–H groups in total. The number of para-hydroxylation sites is 3. The third kappa shape index (κ3) is 3.39. The fourth-order valence-electron chi connectivity index (χ4n) is 6.35. The molecule has 0 saturated heterocycles. The summed E-state index contributed by atoms with van der Waals surface area (Å²) in [4.78, 5) is 10.3. The zero-order chi connectivity index (χ0) is 27.6. The van der Waals surface area contributed by atoms with Crippen molar-refractivity contribution in [2.75, 3.05) is 0 Å². The third-order valence-corrected chi connectivity index (χ3v) is 9.48. The predicted octanol–water partition coefficient (Wildman–Crippen LogP) is 10.4. The van der Waals surface area contributed by atoms with Crippen LogP contribution >= 0.6 is 11.3 Å². The number of rotatable bonds is 3. The molecule has 3 aromatic heterocycles. The zero-order valence-electron chi connectivity index (χ0n) is 22.5. The lowest BCUT2D eigenvalue weighted by atomic mass is 10.0. The highest BCUT2D eigenvalue weighted by atomic mass is 32.1. The Balaban J connectivity index is 1.36. The van der Waals surface area contributed by atoms with Gasteiger partial charge >= 0.3 is 0 Å². The molecule has 0 aliphatic carbocycles. The first kappa shape index (κ1) is 23.4. The van der Waals surface area contributed by atoms with Gasteiger partial charge in [-0.05, 0) is 36.4 Å². The monoisotopic (exact) mass is 553 g/mol. The van der Waals surface area contributed by atoms with Gasteiger partial charge in [0.2, 0.25) is 0 Å². The van der Waals surface area contributed by atoms with Crippen molar-refractivity contribution in [3.05, 3.63) is 140 Å². The van der Waals surface area contributed by atoms with E-state index >= 15 is 0 Å². The average molecular weight is 554 g/mol. The lowest BCUT2D eigenvalue weighted by molar-refractivity contribution is 1.18. The molecule has 196 valence electrons. The van der Waals surface area contributed by atoms with Gasteiger partial charge in [-0.15, -0.1) is 11.3 Å². The Labute approximate surface area is 246 Å². The molecule has 0 aliphatic rings. The molecule has 0 amide bonds. The van der Waals surface area contributed by atoms with E-state index in [4.69, 9.17) is 9.97 Å². The Morgan fingerprint density at radius 1 is 0.476 bits per heavy atom. The summed E-state index contributed by atoms with van der Waals surface area (Å²) in [7, 11) is 0. The van der Waals surface area contributed by atoms with E-state index in [-0.39, 0.29) is 0 Å². The summed E-state index contributed by atoms with van der Waals surface area (Å²) >= 11 is 1.85. The molecular formula is C38H23N3S. The normalized spacial score (nSPS) is 11.8. The van der Waals surface area contributed by atoms with Crippen LogP contribution in [-0.4, -0.2) is 14.5 Å². The van der Waals surface area contributed by atoms with Crippen molar-refractivity contribution >= 4 is 64.2 Å². The van der Waals surface area contributed by atoms with E-state index in [1.54, 1.807) is 0 Å². The summed E-state index contributed by atoms with van der Waals surface area (Å²) in [5, 5.41) is 6.13. The molecule has 3 heterocycles. The quantitative estimate of drug-likeness (QED) is 0.218. The fraction of sp³-hybridized carbons (Fsp3) is 0. The number of benzene rings is 6. The topological polar surface area (TPSA) is 30.7 Å². The molecule has 0 saturated carbocycles. The minimum Gasteiger partial charge on any atom is -0.309 e. The maximum absolute atomic E-state index is 5.21. The minimum absolute atomic E-state index is 0.757. The molecule has 0 fully saturated rings. The van der Waals surface area contributed by atoms with Gasteiger partial charge in [0.25, 0.3) is 0 Å². The molecule has 42 heavy (non-hydrogen) atoms. The maximum Gasteiger partial charge on any atom is 0.161 e. The molecule has 9 rings (SSSR count). The van der Waals surface area contributed by atoms with Crippen LogP contribution in [0.3, 0.4) is 0 Å². The molecule has 0 spiro atoms. The molecule has 0 unspecified atom stereocenters. The highest BCUT2D eigenvalue weighted by Gasteiger charge is 2.20. The standard InChI is InChI=1S/C38H23N3S/c1-3-12-24(13-4-1)35-28-16-7-9-20-31(28)39-38(40-35)30-19-11-18-26-27-22-23-33-34(37(27)42-36(26)30)29-17-8-10-21-32(29)41(33)25-14-5-2-6-15-25/h1-23H. The predicted molar refractivity (Wildman–Crippen MR) is 178 cm³/mol. The fourth-order valence-corrected chi connectivity index (χ4v) is 7.72. The van der Waals surface area contributed by atoms with Crippen LogP contribution in [0, 0.1) is 0 Å². The zero-order valence-corrected chi connectivity index (χ0v) is 23.3. The van der Waals surface area contributed by atoms with E-state index < -0.39 is 0 Å². The largest absolute Gasteiger partial charge is 0.309 e. The molecule has 9 aromatic rings. The van der Waals surface area contributed by atoms with Crippen LogP contribution in [0.4, 0.5) is 0 Å². The molecule has 0 atom stereocenters. The van der Waals surface area contributed by atoms with Crippen molar-refractivity contribution in [3.8, 4) is 28.3 Å². The van der Waals surface area contributed by atoms with Gasteiger partial charge in [-0.25, -0.2) is 9.97 Å². The molecule has 0 radical (unpaired) electrons. The number of thiophene rings is 1. The first-order valence-electron chi connectivity index (χ1n) is 14.1. The second-order valence-electron chi connectivity index (χ2n) is 10.6. The van der Waals surface area contributed by atoms with Crippen LogP contribution in [0.25, 0.3) is 81.2 Å². The Hall–Kier alpha value is -5.32. The molecule has 3 nitrogen and oxygen atoms in total. The first-order valence-corrected chi connectivity index (χ1v) is 14.9. The summed E-state index contributed by atoms with van der Waals surface area (Å²) < 4.78 is 4.89. The Morgan fingerprint density at radius 2 is 1.17 bits per heavy atom. The van der Waals surface area contributed by atoms with E-state index in [1.165, 1.54) is 47.7 Å². The SMILES string of the molecule is c1ccc(-c2nc(-c3cccc4c3sc3c4ccc4c3c3ccccc3n4-c3ccccc3)nc3ccccc23)cc1. The molecule has 0 bridgehead atoms. The third-order valence-electron chi connectivity index (χ3n) is 8.21. The summed E-state index contributed by atoms with van der Waals surface area (Å²) in [6, 6.07) is 49.2. The van der Waals surface area contributed by atoms with E-state index in [2.05, 4.69) is 132 Å². The van der Waals surface area contributed by atoms with E-state index in [0.717, 1.165) is 33.5 Å². The summed E-state index contributed by atoms with van der Waals surface area (Å²) in [6.45, 7) is 0. The van der Waals surface area contributed by atoms with Gasteiger partial charge in [-0.1, -0.05) is 103 Å². The second-order valence-corrected chi connectivity index (χ2v) is 11.6. The number of fused-ring (bicyclic) bond motifs is 8. The number of aromatic nitrogens is 3. The summed E-state index contributed by atoms with van der Waals surface area (Å²) in [5.74, 6) is 0.757. The van der Waals surface area contributed by atoms with Crippen LogP contribution in [0.15, 0.2) is 140 Å². The molecular weight excluding hydrogens is 531 g/mol. The van der Waals surface area contributed by atoms with Crippen LogP contribution in [-0.2, 0) is 0 Å².